The maximum absolute atomic E-state index is 12.8. The van der Waals surface area contributed by atoms with Crippen LogP contribution in [0.25, 0.3) is 0 Å². The predicted octanol–water partition coefficient (Wildman–Crippen LogP) is 2.73. The minimum atomic E-state index is -0.183. The molecule has 2 heterocycles. The molecule has 8 heteroatoms. The Kier molecular flexibility index (Phi) is 6.84. The molecule has 1 amide bonds. The van der Waals surface area contributed by atoms with Crippen molar-refractivity contribution >= 4 is 23.4 Å². The van der Waals surface area contributed by atoms with Crippen LogP contribution in [0.4, 0.5) is 5.69 Å². The molecular formula is C21H28N4O3S. The first kappa shape index (κ1) is 21.2. The first-order valence-electron chi connectivity index (χ1n) is 9.80. The van der Waals surface area contributed by atoms with Crippen LogP contribution < -0.4 is 15.2 Å². The normalized spacial score (nSPS) is 16.9. The zero-order valence-electron chi connectivity index (χ0n) is 17.3. The van der Waals surface area contributed by atoms with E-state index >= 15 is 0 Å². The molecule has 1 saturated heterocycles. The first-order chi connectivity index (χ1) is 13.9. The Balaban J connectivity index is 1.61. The summed E-state index contributed by atoms with van der Waals surface area (Å²) in [6.07, 6.45) is 0. The second-order valence-electron chi connectivity index (χ2n) is 7.47. The molecule has 0 saturated carbocycles. The molecule has 1 atom stereocenters. The molecule has 1 fully saturated rings. The van der Waals surface area contributed by atoms with Crippen LogP contribution in [0.5, 0.6) is 5.75 Å². The van der Waals surface area contributed by atoms with Crippen molar-refractivity contribution < 1.29 is 9.53 Å². The van der Waals surface area contributed by atoms with Crippen molar-refractivity contribution in [3.05, 3.63) is 46.4 Å². The van der Waals surface area contributed by atoms with E-state index in [1.54, 1.807) is 7.11 Å². The summed E-state index contributed by atoms with van der Waals surface area (Å²) in [5.41, 5.74) is 1.61. The Labute approximate surface area is 175 Å². The molecule has 0 spiro atoms. The van der Waals surface area contributed by atoms with Crippen LogP contribution >= 0.6 is 11.8 Å². The predicted molar refractivity (Wildman–Crippen MR) is 116 cm³/mol. The lowest BCUT2D eigenvalue weighted by Gasteiger charge is -2.41. The molecule has 29 heavy (non-hydrogen) atoms. The molecule has 156 valence electrons. The third-order valence-electron chi connectivity index (χ3n) is 5.04. The van der Waals surface area contributed by atoms with Crippen LogP contribution in [0.2, 0.25) is 0 Å². The maximum Gasteiger partial charge on any atom is 0.251 e. The number of carbonyl (C=O) groups excluding carboxylic acids is 1. The molecule has 0 unspecified atom stereocenters. The highest BCUT2D eigenvalue weighted by Gasteiger charge is 2.28. The summed E-state index contributed by atoms with van der Waals surface area (Å²) in [6.45, 7) is 8.18. The summed E-state index contributed by atoms with van der Waals surface area (Å²) < 4.78 is 5.47. The Morgan fingerprint density at radius 2 is 2.10 bits per heavy atom. The van der Waals surface area contributed by atoms with Gasteiger partial charge in [-0.25, -0.2) is 4.98 Å². The number of thioether (sulfide) groups is 1. The summed E-state index contributed by atoms with van der Waals surface area (Å²) in [4.78, 5) is 35.9. The molecule has 3 rings (SSSR count). The fourth-order valence-electron chi connectivity index (χ4n) is 3.47. The maximum atomic E-state index is 12.8. The van der Waals surface area contributed by atoms with Crippen molar-refractivity contribution in [3.8, 4) is 5.75 Å². The number of anilines is 1. The van der Waals surface area contributed by atoms with Gasteiger partial charge in [0.25, 0.3) is 5.56 Å². The van der Waals surface area contributed by atoms with Gasteiger partial charge >= 0.3 is 0 Å². The van der Waals surface area contributed by atoms with E-state index in [1.807, 2.05) is 43.0 Å². The van der Waals surface area contributed by atoms with Gasteiger partial charge in [-0.1, -0.05) is 37.7 Å². The standard InChI is InChI=1S/C21H28N4O3S/c1-14(2)16-11-19(26)23-21(22-16)29-13-20(27)25-10-9-24(12-15(25)3)17-7-5-6-8-18(17)28-4/h5-8,11,14-15H,9-10,12-13H2,1-4H3,(H,22,23,26)/t15-/m0/s1. The van der Waals surface area contributed by atoms with E-state index in [0.29, 0.717) is 11.7 Å². The molecule has 0 bridgehead atoms. The van der Waals surface area contributed by atoms with Crippen molar-refractivity contribution in [2.24, 2.45) is 0 Å². The molecule has 1 N–H and O–H groups in total. The summed E-state index contributed by atoms with van der Waals surface area (Å²) in [6, 6.07) is 9.53. The number of nitrogens with zero attached hydrogens (tertiary/aromatic N) is 3. The van der Waals surface area contributed by atoms with E-state index in [1.165, 1.54) is 17.8 Å². The van der Waals surface area contributed by atoms with Crippen molar-refractivity contribution in [2.75, 3.05) is 37.4 Å². The molecule has 1 aromatic carbocycles. The van der Waals surface area contributed by atoms with Crippen LogP contribution in [0.3, 0.4) is 0 Å². The highest BCUT2D eigenvalue weighted by molar-refractivity contribution is 7.99. The number of piperazine rings is 1. The smallest absolute Gasteiger partial charge is 0.251 e. The third-order valence-corrected chi connectivity index (χ3v) is 5.90. The number of amides is 1. The van der Waals surface area contributed by atoms with Crippen LogP contribution in [0, 0.1) is 0 Å². The summed E-state index contributed by atoms with van der Waals surface area (Å²) in [5, 5.41) is 0.495. The fourth-order valence-corrected chi connectivity index (χ4v) is 4.24. The zero-order chi connectivity index (χ0) is 21.0. The highest BCUT2D eigenvalue weighted by atomic mass is 32.2. The molecule has 0 radical (unpaired) electrons. The van der Waals surface area contributed by atoms with Crippen LogP contribution in [-0.2, 0) is 4.79 Å². The average Bonchev–Trinajstić information content (AvgIpc) is 2.71. The Morgan fingerprint density at radius 3 is 2.79 bits per heavy atom. The fraction of sp³-hybridized carbons (Fsp3) is 0.476. The summed E-state index contributed by atoms with van der Waals surface area (Å²) in [5.74, 6) is 1.31. The van der Waals surface area contributed by atoms with Crippen LogP contribution in [0.1, 0.15) is 32.4 Å². The lowest BCUT2D eigenvalue weighted by molar-refractivity contribution is -0.130. The number of methoxy groups -OCH3 is 1. The second-order valence-corrected chi connectivity index (χ2v) is 8.44. The van der Waals surface area contributed by atoms with E-state index < -0.39 is 0 Å². The van der Waals surface area contributed by atoms with Gasteiger partial charge in [-0.3, -0.25) is 9.59 Å². The van der Waals surface area contributed by atoms with Gasteiger partial charge in [-0.15, -0.1) is 0 Å². The zero-order valence-corrected chi connectivity index (χ0v) is 18.2. The van der Waals surface area contributed by atoms with E-state index in [9.17, 15) is 9.59 Å². The highest BCUT2D eigenvalue weighted by Crippen LogP contribution is 2.29. The van der Waals surface area contributed by atoms with E-state index in [2.05, 4.69) is 21.8 Å². The third kappa shape index (κ3) is 5.12. The number of ether oxygens (including phenoxy) is 1. The molecule has 2 aromatic rings. The molecular weight excluding hydrogens is 388 g/mol. The SMILES string of the molecule is COc1ccccc1N1CCN(C(=O)CSc2nc(C(C)C)cc(=O)[nH]2)[C@@H](C)C1. The number of carbonyl (C=O) groups is 1. The average molecular weight is 417 g/mol. The Bertz CT molecular complexity index is 915. The first-order valence-corrected chi connectivity index (χ1v) is 10.8. The van der Waals surface area contributed by atoms with E-state index in [4.69, 9.17) is 4.74 Å². The van der Waals surface area contributed by atoms with Gasteiger partial charge in [0.05, 0.1) is 24.2 Å². The van der Waals surface area contributed by atoms with Crippen molar-refractivity contribution in [1.29, 1.82) is 0 Å². The van der Waals surface area contributed by atoms with Crippen molar-refractivity contribution in [3.63, 3.8) is 0 Å². The second kappa shape index (κ2) is 9.35. The van der Waals surface area contributed by atoms with Crippen molar-refractivity contribution in [1.82, 2.24) is 14.9 Å². The number of hydrogen-bond acceptors (Lipinski definition) is 6. The van der Waals surface area contributed by atoms with Gasteiger partial charge in [-0.05, 0) is 25.0 Å². The summed E-state index contributed by atoms with van der Waals surface area (Å²) >= 11 is 1.28. The molecule has 0 aliphatic carbocycles. The largest absolute Gasteiger partial charge is 0.495 e. The van der Waals surface area contributed by atoms with Crippen molar-refractivity contribution in [2.45, 2.75) is 37.9 Å². The number of aromatic amines is 1. The van der Waals surface area contributed by atoms with Crippen LogP contribution in [-0.4, -0.2) is 59.3 Å². The molecule has 1 aromatic heterocycles. The number of para-hydroxylation sites is 2. The molecule has 7 nitrogen and oxygen atoms in total. The van der Waals surface area contributed by atoms with E-state index in [-0.39, 0.29) is 29.2 Å². The van der Waals surface area contributed by atoms with Gasteiger partial charge in [0.1, 0.15) is 5.75 Å². The van der Waals surface area contributed by atoms with Crippen LogP contribution in [0.15, 0.2) is 40.3 Å². The number of benzene rings is 1. The number of nitrogens with one attached hydrogen (secondary N) is 1. The van der Waals surface area contributed by atoms with Gasteiger partial charge < -0.3 is 19.5 Å². The lowest BCUT2D eigenvalue weighted by Crippen LogP contribution is -2.54. The Morgan fingerprint density at radius 1 is 1.34 bits per heavy atom. The minimum Gasteiger partial charge on any atom is -0.495 e. The lowest BCUT2D eigenvalue weighted by atomic mass is 10.1. The number of H-pyrrole nitrogens is 1. The topological polar surface area (TPSA) is 78.5 Å². The summed E-state index contributed by atoms with van der Waals surface area (Å²) in [7, 11) is 1.67. The quantitative estimate of drug-likeness (QED) is 0.576. The Hall–Kier alpha value is -2.48. The van der Waals surface area contributed by atoms with Gasteiger partial charge in [0.2, 0.25) is 5.91 Å². The van der Waals surface area contributed by atoms with Gasteiger partial charge in [0, 0.05) is 31.7 Å². The molecule has 1 aliphatic heterocycles. The van der Waals surface area contributed by atoms with Gasteiger partial charge in [-0.2, -0.15) is 0 Å². The number of rotatable bonds is 6. The van der Waals surface area contributed by atoms with Gasteiger partial charge in [0.15, 0.2) is 5.16 Å². The minimum absolute atomic E-state index is 0.0553. The van der Waals surface area contributed by atoms with E-state index in [0.717, 1.165) is 30.2 Å². The monoisotopic (exact) mass is 416 g/mol. The number of aromatic nitrogens is 2. The number of hydrogen-bond donors (Lipinski definition) is 1. The molecule has 1 aliphatic rings.